The molecule has 0 atom stereocenters. The Bertz CT molecular complexity index is 1380. The molecule has 0 aliphatic rings. The lowest BCUT2D eigenvalue weighted by atomic mass is 10.0. The smallest absolute Gasteiger partial charge is 0.336 e. The lowest BCUT2D eigenvalue weighted by Crippen LogP contribution is -2.08. The number of unbranched alkanes of at least 4 members (excludes halogenated alkanes) is 2. The van der Waals surface area contributed by atoms with Crippen molar-refractivity contribution in [3.8, 4) is 11.5 Å². The van der Waals surface area contributed by atoms with E-state index in [1.807, 2.05) is 49.4 Å². The van der Waals surface area contributed by atoms with Gasteiger partial charge in [0.2, 0.25) is 0 Å². The van der Waals surface area contributed by atoms with Gasteiger partial charge in [0.15, 0.2) is 0 Å². The number of imidazole rings is 1. The van der Waals surface area contributed by atoms with E-state index in [1.165, 1.54) is 0 Å². The van der Waals surface area contributed by atoms with Crippen molar-refractivity contribution >= 4 is 28.6 Å². The Kier molecular flexibility index (Phi) is 8.16. The van der Waals surface area contributed by atoms with Gasteiger partial charge < -0.3 is 19.1 Å². The molecule has 188 valence electrons. The Labute approximate surface area is 216 Å². The maximum absolute atomic E-state index is 11.7. The number of halogens is 1. The number of fused-ring (bicyclic) bond motifs is 1. The van der Waals surface area contributed by atoms with Gasteiger partial charge in [0, 0.05) is 16.7 Å². The van der Waals surface area contributed by atoms with Crippen molar-refractivity contribution in [2.45, 2.75) is 53.2 Å². The van der Waals surface area contributed by atoms with Gasteiger partial charge in [-0.2, -0.15) is 0 Å². The Morgan fingerprint density at radius 1 is 1.00 bits per heavy atom. The molecule has 0 saturated carbocycles. The lowest BCUT2D eigenvalue weighted by molar-refractivity contribution is 0.0693. The molecule has 0 aliphatic heterocycles. The molecule has 0 bridgehead atoms. The second-order valence-corrected chi connectivity index (χ2v) is 9.31. The fourth-order valence-electron chi connectivity index (χ4n) is 4.29. The van der Waals surface area contributed by atoms with E-state index in [1.54, 1.807) is 19.1 Å². The summed E-state index contributed by atoms with van der Waals surface area (Å²) in [7, 11) is 0. The van der Waals surface area contributed by atoms with E-state index in [9.17, 15) is 9.90 Å². The van der Waals surface area contributed by atoms with Crippen molar-refractivity contribution in [3.05, 3.63) is 87.7 Å². The molecule has 0 amide bonds. The molecule has 0 saturated heterocycles. The molecule has 0 fully saturated rings. The Morgan fingerprint density at radius 2 is 1.78 bits per heavy atom. The second kappa shape index (κ2) is 11.5. The summed E-state index contributed by atoms with van der Waals surface area (Å²) in [6, 6.07) is 16.9. The first-order chi connectivity index (χ1) is 17.4. The second-order valence-electron chi connectivity index (χ2n) is 8.91. The fourth-order valence-corrected chi connectivity index (χ4v) is 4.52. The van der Waals surface area contributed by atoms with E-state index in [4.69, 9.17) is 21.1 Å². The summed E-state index contributed by atoms with van der Waals surface area (Å²) in [6.45, 7) is 7.33. The highest BCUT2D eigenvalue weighted by molar-refractivity contribution is 6.31. The first kappa shape index (κ1) is 25.6. The molecule has 1 aromatic heterocycles. The lowest BCUT2D eigenvalue weighted by Gasteiger charge is -2.13. The quantitative estimate of drug-likeness (QED) is 0.218. The van der Waals surface area contributed by atoms with Crippen LogP contribution in [0, 0.1) is 13.8 Å². The number of carbonyl (C=O) groups is 1. The number of aromatic nitrogens is 2. The van der Waals surface area contributed by atoms with Gasteiger partial charge in [-0.1, -0.05) is 55.6 Å². The number of aryl methyl sites for hydroxylation is 2. The zero-order valence-corrected chi connectivity index (χ0v) is 21.6. The third-order valence-electron chi connectivity index (χ3n) is 6.25. The van der Waals surface area contributed by atoms with Crippen LogP contribution in [0.3, 0.4) is 0 Å². The molecule has 4 aromatic rings. The van der Waals surface area contributed by atoms with E-state index in [0.717, 1.165) is 47.4 Å². The van der Waals surface area contributed by atoms with E-state index >= 15 is 0 Å². The van der Waals surface area contributed by atoms with Crippen LogP contribution in [0.25, 0.3) is 11.0 Å². The van der Waals surface area contributed by atoms with Crippen LogP contribution in [0.15, 0.2) is 54.6 Å². The average molecular weight is 507 g/mol. The molecule has 3 aromatic carbocycles. The van der Waals surface area contributed by atoms with E-state index < -0.39 is 5.97 Å². The topological polar surface area (TPSA) is 73.6 Å². The molecule has 0 radical (unpaired) electrons. The number of carboxylic acid groups (broad SMARTS) is 1. The summed E-state index contributed by atoms with van der Waals surface area (Å²) in [4.78, 5) is 16.4. The summed E-state index contributed by atoms with van der Waals surface area (Å²) in [5, 5.41) is 10.2. The Morgan fingerprint density at radius 3 is 2.53 bits per heavy atom. The van der Waals surface area contributed by atoms with Gasteiger partial charge in [-0.3, -0.25) is 0 Å². The van der Waals surface area contributed by atoms with E-state index in [2.05, 4.69) is 16.5 Å². The third kappa shape index (κ3) is 5.82. The van der Waals surface area contributed by atoms with Crippen LogP contribution in [-0.2, 0) is 13.2 Å². The third-order valence-corrected chi connectivity index (χ3v) is 6.60. The molecule has 6 nitrogen and oxygen atoms in total. The fraction of sp³-hybridized carbons (Fsp3) is 0.310. The summed E-state index contributed by atoms with van der Waals surface area (Å²) >= 11 is 6.61. The SMILES string of the molecule is CCCCCOc1ccc(Cn2c(C)nc3ccc(OCc4cccc(C)c4C(=O)O)cc32)c(Cl)c1. The van der Waals surface area contributed by atoms with Crippen LogP contribution in [0.1, 0.15) is 59.1 Å². The Hall–Kier alpha value is -3.51. The van der Waals surface area contributed by atoms with Crippen LogP contribution in [-0.4, -0.2) is 27.2 Å². The molecular formula is C29H31ClN2O4. The van der Waals surface area contributed by atoms with Crippen molar-refractivity contribution < 1.29 is 19.4 Å². The largest absolute Gasteiger partial charge is 0.494 e. The average Bonchev–Trinajstić information content (AvgIpc) is 3.16. The molecule has 0 unspecified atom stereocenters. The Balaban J connectivity index is 1.53. The molecular weight excluding hydrogens is 476 g/mol. The minimum absolute atomic E-state index is 0.160. The van der Waals surface area contributed by atoms with Crippen molar-refractivity contribution in [3.63, 3.8) is 0 Å². The number of rotatable bonds is 11. The molecule has 0 aliphatic carbocycles. The zero-order valence-electron chi connectivity index (χ0n) is 20.9. The maximum Gasteiger partial charge on any atom is 0.336 e. The van der Waals surface area contributed by atoms with Crippen LogP contribution >= 0.6 is 11.6 Å². The highest BCUT2D eigenvalue weighted by Crippen LogP contribution is 2.28. The standard InChI is InChI=1S/C29H31ClN2O4/c1-4-5-6-14-35-23-11-10-21(25(30)15-23)17-32-20(3)31-26-13-12-24(16-27(26)32)36-18-22-9-7-8-19(2)28(22)29(33)34/h7-13,15-16H,4-6,14,17-18H2,1-3H3,(H,33,34). The number of aromatic carboxylic acids is 1. The van der Waals surface area contributed by atoms with Crippen molar-refractivity contribution in [2.24, 2.45) is 0 Å². The predicted octanol–water partition coefficient (Wildman–Crippen LogP) is 7.20. The summed E-state index contributed by atoms with van der Waals surface area (Å²) in [5.74, 6) is 1.33. The van der Waals surface area contributed by atoms with E-state index in [-0.39, 0.29) is 12.2 Å². The number of hydrogen-bond donors (Lipinski definition) is 1. The number of ether oxygens (including phenoxy) is 2. The van der Waals surface area contributed by atoms with E-state index in [0.29, 0.717) is 35.1 Å². The molecule has 1 heterocycles. The van der Waals surface area contributed by atoms with Gasteiger partial charge in [-0.25, -0.2) is 9.78 Å². The number of benzene rings is 3. The van der Waals surface area contributed by atoms with Gasteiger partial charge in [0.25, 0.3) is 0 Å². The maximum atomic E-state index is 11.7. The van der Waals surface area contributed by atoms with Gasteiger partial charge in [-0.05, 0) is 55.7 Å². The number of nitrogens with zero attached hydrogens (tertiary/aromatic N) is 2. The van der Waals surface area contributed by atoms with Crippen molar-refractivity contribution in [1.29, 1.82) is 0 Å². The summed E-state index contributed by atoms with van der Waals surface area (Å²) < 4.78 is 13.9. The van der Waals surface area contributed by atoms with Crippen molar-refractivity contribution in [2.75, 3.05) is 6.61 Å². The summed E-state index contributed by atoms with van der Waals surface area (Å²) in [5.41, 5.74) is 4.37. The van der Waals surface area contributed by atoms with Crippen LogP contribution in [0.2, 0.25) is 5.02 Å². The molecule has 7 heteroatoms. The highest BCUT2D eigenvalue weighted by atomic mass is 35.5. The number of hydrogen-bond acceptors (Lipinski definition) is 4. The zero-order chi connectivity index (χ0) is 25.7. The van der Waals surface area contributed by atoms with Gasteiger partial charge in [0.1, 0.15) is 23.9 Å². The van der Waals surface area contributed by atoms with Gasteiger partial charge in [0.05, 0.1) is 29.7 Å². The van der Waals surface area contributed by atoms with Crippen LogP contribution in [0.4, 0.5) is 0 Å². The minimum atomic E-state index is -0.954. The van der Waals surface area contributed by atoms with Gasteiger partial charge in [-0.15, -0.1) is 0 Å². The van der Waals surface area contributed by atoms with Gasteiger partial charge >= 0.3 is 5.97 Å². The molecule has 0 spiro atoms. The highest BCUT2D eigenvalue weighted by Gasteiger charge is 2.15. The first-order valence-corrected chi connectivity index (χ1v) is 12.6. The number of carboxylic acids is 1. The normalized spacial score (nSPS) is 11.1. The molecule has 4 rings (SSSR count). The predicted molar refractivity (Wildman–Crippen MR) is 143 cm³/mol. The van der Waals surface area contributed by atoms with Crippen LogP contribution < -0.4 is 9.47 Å². The minimum Gasteiger partial charge on any atom is -0.494 e. The first-order valence-electron chi connectivity index (χ1n) is 12.2. The van der Waals surface area contributed by atoms with Crippen LogP contribution in [0.5, 0.6) is 11.5 Å². The molecule has 1 N–H and O–H groups in total. The monoisotopic (exact) mass is 506 g/mol. The van der Waals surface area contributed by atoms with Crippen molar-refractivity contribution in [1.82, 2.24) is 9.55 Å². The molecule has 36 heavy (non-hydrogen) atoms. The summed E-state index contributed by atoms with van der Waals surface area (Å²) in [6.07, 6.45) is 3.33.